The average molecular weight is 589 g/mol. The number of benzene rings is 2. The molecule has 4 N–H and O–H groups in total. The van der Waals surface area contributed by atoms with Gasteiger partial charge in [0.15, 0.2) is 11.3 Å². The van der Waals surface area contributed by atoms with E-state index in [0.29, 0.717) is 29.3 Å². The van der Waals surface area contributed by atoms with E-state index in [9.17, 15) is 8.42 Å². The fraction of sp³-hybridized carbons (Fsp3) is 0.407. The molecule has 210 valence electrons. The van der Waals surface area contributed by atoms with Gasteiger partial charge in [-0.25, -0.2) is 18.1 Å². The second-order valence-electron chi connectivity index (χ2n) is 10.0. The van der Waals surface area contributed by atoms with Gasteiger partial charge in [-0.3, -0.25) is 0 Å². The summed E-state index contributed by atoms with van der Waals surface area (Å²) >= 11 is 6.77. The lowest BCUT2D eigenvalue weighted by molar-refractivity contribution is 0.392. The van der Waals surface area contributed by atoms with Gasteiger partial charge in [0.05, 0.1) is 9.77 Å². The van der Waals surface area contributed by atoms with Crippen molar-refractivity contribution in [1.82, 2.24) is 19.9 Å². The van der Waals surface area contributed by atoms with Crippen molar-refractivity contribution in [2.75, 3.05) is 37.8 Å². The molecule has 12 heteroatoms. The monoisotopic (exact) mass is 588 g/mol. The number of aromatic nitrogens is 1. The third-order valence-electron chi connectivity index (χ3n) is 5.95. The zero-order valence-electron chi connectivity index (χ0n) is 22.8. The molecule has 0 spiro atoms. The molecular formula is C27H36N6O3S3. The summed E-state index contributed by atoms with van der Waals surface area (Å²) in [6.45, 7) is 7.17. The molecule has 0 radical (unpaired) electrons. The molecule has 1 fully saturated rings. The Morgan fingerprint density at radius 1 is 1.15 bits per heavy atom. The second kappa shape index (κ2) is 12.7. The van der Waals surface area contributed by atoms with Gasteiger partial charge < -0.3 is 25.6 Å². The molecule has 39 heavy (non-hydrogen) atoms. The highest BCUT2D eigenvalue weighted by atomic mass is 32.2. The quantitative estimate of drug-likeness (QED) is 0.138. The number of thiocarbonyl (C=S) groups is 1. The summed E-state index contributed by atoms with van der Waals surface area (Å²) in [5.74, 6) is 0. The highest BCUT2D eigenvalue weighted by Crippen LogP contribution is 2.37. The molecule has 1 aliphatic heterocycles. The van der Waals surface area contributed by atoms with E-state index in [1.165, 1.54) is 11.3 Å². The Morgan fingerprint density at radius 2 is 1.85 bits per heavy atom. The predicted octanol–water partition coefficient (Wildman–Crippen LogP) is 4.56. The van der Waals surface area contributed by atoms with E-state index >= 15 is 0 Å². The van der Waals surface area contributed by atoms with Crippen LogP contribution in [0.5, 0.6) is 0 Å². The maximum atomic E-state index is 13.4. The number of sulfonamides is 1. The molecule has 4 rings (SSSR count). The first kappa shape index (κ1) is 29.4. The molecule has 0 aliphatic carbocycles. The minimum Gasteiger partial charge on any atom is -0.360 e. The number of ether oxygens (including phenoxy) is 1. The van der Waals surface area contributed by atoms with E-state index < -0.39 is 10.0 Å². The maximum Gasteiger partial charge on any atom is 0.241 e. The van der Waals surface area contributed by atoms with E-state index in [-0.39, 0.29) is 23.3 Å². The molecule has 2 heterocycles. The standard InChI is InChI=1S/C27H36N6O3S3/c1-17(2)30-27(37)32-20-9-7-19(8-10-20)26-28-16-23(38-26)22-12-11-21(31-25-18(3)36-25)15-24(22)39(34,35)29-13-6-14-33(4)5/h7-12,15-18,25,29,31H,6,13-14H2,1-5H3,(H2,30,32,37). The van der Waals surface area contributed by atoms with Crippen LogP contribution in [0.3, 0.4) is 0 Å². The van der Waals surface area contributed by atoms with Gasteiger partial charge in [-0.15, -0.1) is 11.3 Å². The molecule has 2 aromatic carbocycles. The van der Waals surface area contributed by atoms with Crippen molar-refractivity contribution >= 4 is 50.1 Å². The normalized spacial score (nSPS) is 16.9. The average Bonchev–Trinajstić information content (AvgIpc) is 3.34. The topological polar surface area (TPSA) is 111 Å². The van der Waals surface area contributed by atoms with Gasteiger partial charge in [0.2, 0.25) is 10.0 Å². The molecule has 1 aliphatic rings. The zero-order valence-corrected chi connectivity index (χ0v) is 25.3. The van der Waals surface area contributed by atoms with Gasteiger partial charge in [-0.2, -0.15) is 0 Å². The van der Waals surface area contributed by atoms with Crippen LogP contribution in [0.2, 0.25) is 0 Å². The van der Waals surface area contributed by atoms with Crippen LogP contribution in [0.4, 0.5) is 11.4 Å². The van der Waals surface area contributed by atoms with Crippen molar-refractivity contribution in [1.29, 1.82) is 0 Å². The van der Waals surface area contributed by atoms with Gasteiger partial charge in [-0.05, 0) is 96.4 Å². The van der Waals surface area contributed by atoms with Gasteiger partial charge in [-0.1, -0.05) is 6.07 Å². The molecule has 0 bridgehead atoms. The molecule has 1 saturated heterocycles. The number of epoxide rings is 1. The molecule has 9 nitrogen and oxygen atoms in total. The van der Waals surface area contributed by atoms with E-state index in [0.717, 1.165) is 27.7 Å². The zero-order chi connectivity index (χ0) is 28.2. The SMILES string of the molecule is CC(C)NC(=S)Nc1ccc(-c2ncc(-c3ccc(NC4OC4C)cc3S(=O)(=O)NCCCN(C)C)s2)cc1. The third kappa shape index (κ3) is 8.19. The lowest BCUT2D eigenvalue weighted by atomic mass is 10.2. The van der Waals surface area contributed by atoms with Gasteiger partial charge in [0.1, 0.15) is 11.1 Å². The van der Waals surface area contributed by atoms with Crippen LogP contribution in [0.25, 0.3) is 21.0 Å². The summed E-state index contributed by atoms with van der Waals surface area (Å²) < 4.78 is 35.1. The summed E-state index contributed by atoms with van der Waals surface area (Å²) in [6.07, 6.45) is 2.43. The van der Waals surface area contributed by atoms with Crippen molar-refractivity contribution in [2.45, 2.75) is 50.5 Å². The fourth-order valence-electron chi connectivity index (χ4n) is 3.88. The summed E-state index contributed by atoms with van der Waals surface area (Å²) in [6, 6.07) is 13.5. The summed E-state index contributed by atoms with van der Waals surface area (Å²) in [5.41, 5.74) is 3.11. The number of rotatable bonds is 12. The first-order chi connectivity index (χ1) is 18.5. The number of hydrogen-bond donors (Lipinski definition) is 4. The first-order valence-electron chi connectivity index (χ1n) is 12.9. The Hall–Kier alpha value is -2.61. The smallest absolute Gasteiger partial charge is 0.241 e. The van der Waals surface area contributed by atoms with Crippen LogP contribution in [-0.2, 0) is 14.8 Å². The third-order valence-corrected chi connectivity index (χ3v) is 8.75. The Labute approximate surface area is 240 Å². The minimum absolute atomic E-state index is 0.0987. The van der Waals surface area contributed by atoms with E-state index in [1.54, 1.807) is 12.3 Å². The molecule has 2 unspecified atom stereocenters. The van der Waals surface area contributed by atoms with Crippen LogP contribution in [0, 0.1) is 0 Å². The maximum absolute atomic E-state index is 13.4. The molecule has 0 saturated carbocycles. The van der Waals surface area contributed by atoms with Crippen LogP contribution < -0.4 is 20.7 Å². The van der Waals surface area contributed by atoms with Crippen molar-refractivity contribution in [3.63, 3.8) is 0 Å². The highest BCUT2D eigenvalue weighted by molar-refractivity contribution is 7.89. The molecular weight excluding hydrogens is 553 g/mol. The van der Waals surface area contributed by atoms with E-state index in [4.69, 9.17) is 17.0 Å². The van der Waals surface area contributed by atoms with Crippen LogP contribution >= 0.6 is 23.6 Å². The second-order valence-corrected chi connectivity index (χ2v) is 13.2. The predicted molar refractivity (Wildman–Crippen MR) is 164 cm³/mol. The van der Waals surface area contributed by atoms with E-state index in [2.05, 4.69) is 25.7 Å². The largest absolute Gasteiger partial charge is 0.360 e. The fourth-order valence-corrected chi connectivity index (χ4v) is 6.57. The lowest BCUT2D eigenvalue weighted by Gasteiger charge is -2.14. The minimum atomic E-state index is -3.77. The van der Waals surface area contributed by atoms with Crippen LogP contribution in [0.15, 0.2) is 53.6 Å². The number of anilines is 2. The van der Waals surface area contributed by atoms with Crippen LogP contribution in [-0.4, -0.2) is 69.0 Å². The van der Waals surface area contributed by atoms with Crippen molar-refractivity contribution < 1.29 is 13.2 Å². The Balaban J connectivity index is 1.56. The van der Waals surface area contributed by atoms with Crippen molar-refractivity contribution in [2.24, 2.45) is 0 Å². The Morgan fingerprint density at radius 3 is 2.49 bits per heavy atom. The summed E-state index contributed by atoms with van der Waals surface area (Å²) in [5, 5.41) is 10.9. The van der Waals surface area contributed by atoms with Gasteiger partial charge >= 0.3 is 0 Å². The van der Waals surface area contributed by atoms with Gasteiger partial charge in [0, 0.05) is 41.3 Å². The van der Waals surface area contributed by atoms with Crippen LogP contribution in [0.1, 0.15) is 27.2 Å². The first-order valence-corrected chi connectivity index (χ1v) is 15.6. The highest BCUT2D eigenvalue weighted by Gasteiger charge is 2.34. The lowest BCUT2D eigenvalue weighted by Crippen LogP contribution is -2.33. The molecule has 3 aromatic rings. The number of hydrogen-bond acceptors (Lipinski definition) is 8. The number of nitrogens with one attached hydrogen (secondary N) is 4. The van der Waals surface area contributed by atoms with Crippen molar-refractivity contribution in [3.05, 3.63) is 48.7 Å². The number of thiazole rings is 1. The van der Waals surface area contributed by atoms with Gasteiger partial charge in [0.25, 0.3) is 0 Å². The Bertz CT molecular complexity index is 1390. The van der Waals surface area contributed by atoms with Crippen molar-refractivity contribution in [3.8, 4) is 21.0 Å². The molecule has 2 atom stereocenters. The Kier molecular flexibility index (Phi) is 9.57. The summed E-state index contributed by atoms with van der Waals surface area (Å²) in [7, 11) is 0.164. The number of nitrogens with zero attached hydrogens (tertiary/aromatic N) is 2. The van der Waals surface area contributed by atoms with E-state index in [1.807, 2.05) is 76.2 Å². The molecule has 1 aromatic heterocycles. The summed E-state index contributed by atoms with van der Waals surface area (Å²) in [4.78, 5) is 7.62. The molecule has 0 amide bonds.